The molecule has 2 bridgehead atoms. The Hall–Kier alpha value is -1.93. The molecule has 4 rings (SSSR count). The molecule has 0 saturated carbocycles. The van der Waals surface area contributed by atoms with Crippen molar-refractivity contribution in [3.05, 3.63) is 17.3 Å². The molecule has 2 aliphatic rings. The number of fused-ring (bicyclic) bond motifs is 2. The van der Waals surface area contributed by atoms with Gasteiger partial charge in [0.05, 0.1) is 5.69 Å². The fraction of sp³-hybridized carbons (Fsp3) is 0.650. The van der Waals surface area contributed by atoms with Crippen LogP contribution >= 0.6 is 11.3 Å². The number of carbonyl (C=O) groups excluding carboxylic acids is 1. The summed E-state index contributed by atoms with van der Waals surface area (Å²) in [5, 5.41) is 12.1. The van der Waals surface area contributed by atoms with Gasteiger partial charge in [0.25, 0.3) is 5.89 Å². The van der Waals surface area contributed by atoms with Crippen LogP contribution in [0.5, 0.6) is 0 Å². The van der Waals surface area contributed by atoms with Crippen LogP contribution in [0.2, 0.25) is 0 Å². The van der Waals surface area contributed by atoms with Gasteiger partial charge >= 0.3 is 6.03 Å². The van der Waals surface area contributed by atoms with Gasteiger partial charge in [0.2, 0.25) is 0 Å². The van der Waals surface area contributed by atoms with Gasteiger partial charge in [0, 0.05) is 24.5 Å². The highest BCUT2D eigenvalue weighted by atomic mass is 32.1. The average molecular weight is 404 g/mol. The molecule has 4 heterocycles. The molecule has 0 spiro atoms. The van der Waals surface area contributed by atoms with Crippen molar-refractivity contribution in [2.45, 2.75) is 76.4 Å². The minimum atomic E-state index is -0.155. The lowest BCUT2D eigenvalue weighted by molar-refractivity contribution is 0.0513. The molecule has 2 aromatic rings. The van der Waals surface area contributed by atoms with Gasteiger partial charge in [0.15, 0.2) is 5.82 Å². The normalized spacial score (nSPS) is 24.9. The van der Waals surface area contributed by atoms with Crippen molar-refractivity contribution in [1.82, 2.24) is 20.4 Å². The van der Waals surface area contributed by atoms with Crippen LogP contribution in [-0.2, 0) is 6.42 Å². The van der Waals surface area contributed by atoms with Gasteiger partial charge in [-0.2, -0.15) is 4.98 Å². The molecule has 0 unspecified atom stereocenters. The van der Waals surface area contributed by atoms with E-state index in [2.05, 4.69) is 39.6 Å². The second kappa shape index (κ2) is 8.61. The Morgan fingerprint density at radius 2 is 2.14 bits per heavy atom. The largest absolute Gasteiger partial charge is 0.335 e. The maximum atomic E-state index is 12.6. The van der Waals surface area contributed by atoms with Crippen LogP contribution in [0.25, 0.3) is 10.8 Å². The molecule has 2 N–H and O–H groups in total. The summed E-state index contributed by atoms with van der Waals surface area (Å²) < 4.78 is 5.41. The highest BCUT2D eigenvalue weighted by Crippen LogP contribution is 2.34. The zero-order chi connectivity index (χ0) is 19.5. The van der Waals surface area contributed by atoms with Gasteiger partial charge in [-0.15, -0.1) is 11.3 Å². The van der Waals surface area contributed by atoms with Gasteiger partial charge in [-0.3, -0.25) is 0 Å². The van der Waals surface area contributed by atoms with E-state index in [0.717, 1.165) is 48.5 Å². The maximum absolute atomic E-state index is 12.6. The Balaban J connectivity index is 1.37. The summed E-state index contributed by atoms with van der Waals surface area (Å²) in [5.41, 5.74) is 0.723. The number of rotatable bonds is 6. The lowest BCUT2D eigenvalue weighted by atomic mass is 9.82. The Labute approximate surface area is 169 Å². The number of amides is 2. The number of thiophene rings is 1. The monoisotopic (exact) mass is 403 g/mol. The Kier molecular flexibility index (Phi) is 5.96. The third kappa shape index (κ3) is 4.22. The highest BCUT2D eigenvalue weighted by Gasteiger charge is 2.36. The predicted octanol–water partition coefficient (Wildman–Crippen LogP) is 4.28. The van der Waals surface area contributed by atoms with E-state index in [9.17, 15) is 4.79 Å². The number of nitrogens with one attached hydrogen (secondary N) is 2. The van der Waals surface area contributed by atoms with Crippen molar-refractivity contribution < 1.29 is 9.32 Å². The zero-order valence-electron chi connectivity index (χ0n) is 16.6. The molecule has 2 amide bonds. The first-order valence-electron chi connectivity index (χ1n) is 10.3. The Bertz CT molecular complexity index is 790. The number of hydrogen-bond donors (Lipinski definition) is 2. The average Bonchev–Trinajstić information content (AvgIpc) is 3.30. The third-order valence-electron chi connectivity index (χ3n) is 6.00. The van der Waals surface area contributed by atoms with Gasteiger partial charge in [-0.1, -0.05) is 24.9 Å². The molecule has 2 fully saturated rings. The summed E-state index contributed by atoms with van der Waals surface area (Å²) in [5.74, 6) is 1.20. The molecule has 2 saturated heterocycles. The molecule has 0 aliphatic carbocycles. The molecule has 2 aromatic heterocycles. The quantitative estimate of drug-likeness (QED) is 0.752. The SMILES string of the molecule is CCCCc1noc(-c2sccc2NC(=O)N[C@H]2C[C@H]3CCC[C@@H](C2)N3C)n1. The number of anilines is 1. The van der Waals surface area contributed by atoms with Gasteiger partial charge in [-0.25, -0.2) is 4.79 Å². The Morgan fingerprint density at radius 1 is 1.36 bits per heavy atom. The van der Waals surface area contributed by atoms with Crippen molar-refractivity contribution >= 4 is 23.1 Å². The van der Waals surface area contributed by atoms with E-state index in [-0.39, 0.29) is 12.1 Å². The zero-order valence-corrected chi connectivity index (χ0v) is 17.4. The van der Waals surface area contributed by atoms with Gasteiger partial charge in [0.1, 0.15) is 4.88 Å². The van der Waals surface area contributed by atoms with E-state index in [1.54, 1.807) is 0 Å². The minimum absolute atomic E-state index is 0.155. The molecule has 0 radical (unpaired) electrons. The number of aryl methyl sites for hydroxylation is 1. The first kappa shape index (κ1) is 19.4. The number of hydrogen-bond acceptors (Lipinski definition) is 6. The van der Waals surface area contributed by atoms with Gasteiger partial charge < -0.3 is 20.1 Å². The summed E-state index contributed by atoms with van der Waals surface area (Å²) in [6.45, 7) is 2.14. The lowest BCUT2D eigenvalue weighted by Crippen LogP contribution is -2.55. The molecular weight excluding hydrogens is 374 g/mol. The standard InChI is InChI=1S/C20H29N5O2S/c1-3-4-8-17-23-19(27-24-17)18-16(9-10-28-18)22-20(26)21-13-11-14-6-5-7-15(12-13)25(14)2/h9-10,13-15H,3-8,11-12H2,1-2H3,(H2,21,22,26)/t13-,14+,15-. The molecule has 28 heavy (non-hydrogen) atoms. The number of piperidine rings is 2. The van der Waals surface area contributed by atoms with E-state index < -0.39 is 0 Å². The second-order valence-corrected chi connectivity index (χ2v) is 8.87. The van der Waals surface area contributed by atoms with E-state index in [0.29, 0.717) is 18.0 Å². The number of unbranched alkanes of at least 4 members (excludes halogenated alkanes) is 1. The summed E-state index contributed by atoms with van der Waals surface area (Å²) in [6, 6.07) is 3.15. The second-order valence-electron chi connectivity index (χ2n) is 7.95. The number of carbonyl (C=O) groups is 1. The smallest absolute Gasteiger partial charge is 0.319 e. The first-order valence-corrected chi connectivity index (χ1v) is 11.2. The number of aromatic nitrogens is 2. The molecular formula is C20H29N5O2S. The van der Waals surface area contributed by atoms with Crippen molar-refractivity contribution in [2.75, 3.05) is 12.4 Å². The fourth-order valence-electron chi connectivity index (χ4n) is 4.43. The summed E-state index contributed by atoms with van der Waals surface area (Å²) >= 11 is 1.50. The van der Waals surface area contributed by atoms with Crippen LogP contribution in [-0.4, -0.2) is 46.2 Å². The van der Waals surface area contributed by atoms with Crippen LogP contribution < -0.4 is 10.6 Å². The maximum Gasteiger partial charge on any atom is 0.319 e. The molecule has 3 atom stereocenters. The van der Waals surface area contributed by atoms with Crippen molar-refractivity contribution in [2.24, 2.45) is 0 Å². The lowest BCUT2D eigenvalue weighted by Gasteiger charge is -2.47. The van der Waals surface area contributed by atoms with Crippen LogP contribution in [0, 0.1) is 0 Å². The number of nitrogens with zero attached hydrogens (tertiary/aromatic N) is 3. The topological polar surface area (TPSA) is 83.3 Å². The molecule has 152 valence electrons. The third-order valence-corrected chi connectivity index (χ3v) is 6.91. The summed E-state index contributed by atoms with van der Waals surface area (Å²) in [7, 11) is 2.22. The molecule has 2 aliphatic heterocycles. The summed E-state index contributed by atoms with van der Waals surface area (Å²) in [6.07, 6.45) is 8.78. The predicted molar refractivity (Wildman–Crippen MR) is 111 cm³/mol. The van der Waals surface area contributed by atoms with Crippen LogP contribution in [0.4, 0.5) is 10.5 Å². The van der Waals surface area contributed by atoms with E-state index in [4.69, 9.17) is 4.52 Å². The highest BCUT2D eigenvalue weighted by molar-refractivity contribution is 7.14. The Morgan fingerprint density at radius 3 is 2.89 bits per heavy atom. The van der Waals surface area contributed by atoms with Crippen LogP contribution in [0.15, 0.2) is 16.0 Å². The van der Waals surface area contributed by atoms with Crippen molar-refractivity contribution in [1.29, 1.82) is 0 Å². The van der Waals surface area contributed by atoms with Crippen molar-refractivity contribution in [3.8, 4) is 10.8 Å². The van der Waals surface area contributed by atoms with Crippen LogP contribution in [0.3, 0.4) is 0 Å². The van der Waals surface area contributed by atoms with Crippen molar-refractivity contribution in [3.63, 3.8) is 0 Å². The molecule has 7 nitrogen and oxygen atoms in total. The number of urea groups is 1. The van der Waals surface area contributed by atoms with E-state index in [1.165, 1.54) is 30.6 Å². The fourth-order valence-corrected chi connectivity index (χ4v) is 5.20. The van der Waals surface area contributed by atoms with Gasteiger partial charge in [-0.05, 0) is 50.6 Å². The minimum Gasteiger partial charge on any atom is -0.335 e. The van der Waals surface area contributed by atoms with Crippen LogP contribution in [0.1, 0.15) is 57.7 Å². The molecule has 0 aromatic carbocycles. The van der Waals surface area contributed by atoms with E-state index in [1.807, 2.05) is 11.4 Å². The molecule has 8 heteroatoms. The first-order chi connectivity index (χ1) is 13.6. The van der Waals surface area contributed by atoms with E-state index >= 15 is 0 Å². The summed E-state index contributed by atoms with van der Waals surface area (Å²) in [4.78, 5) is 20.4.